The number of carbonyl (C=O) groups excluding carboxylic acids is 1. The van der Waals surface area contributed by atoms with Gasteiger partial charge in [-0.15, -0.1) is 0 Å². The van der Waals surface area contributed by atoms with Crippen molar-refractivity contribution in [3.8, 4) is 23.0 Å². The van der Waals surface area contributed by atoms with Crippen molar-refractivity contribution in [2.75, 3.05) is 26.6 Å². The summed E-state index contributed by atoms with van der Waals surface area (Å²) < 4.78 is 21.8. The van der Waals surface area contributed by atoms with Gasteiger partial charge in [0.15, 0.2) is 11.5 Å². The predicted molar refractivity (Wildman–Crippen MR) is 113 cm³/mol. The third-order valence-electron chi connectivity index (χ3n) is 4.41. The molecule has 30 heavy (non-hydrogen) atoms. The summed E-state index contributed by atoms with van der Waals surface area (Å²) in [5.41, 5.74) is 2.30. The molecule has 0 spiro atoms. The van der Waals surface area contributed by atoms with Crippen LogP contribution in [0.5, 0.6) is 23.0 Å². The summed E-state index contributed by atoms with van der Waals surface area (Å²) >= 11 is 0. The fourth-order valence-corrected chi connectivity index (χ4v) is 2.89. The number of aromatic nitrogens is 1. The monoisotopic (exact) mass is 408 g/mol. The Labute approximate surface area is 175 Å². The minimum atomic E-state index is -0.179. The molecule has 156 valence electrons. The van der Waals surface area contributed by atoms with E-state index >= 15 is 0 Å². The van der Waals surface area contributed by atoms with E-state index in [4.69, 9.17) is 18.9 Å². The van der Waals surface area contributed by atoms with Crippen molar-refractivity contribution in [3.05, 3.63) is 72.1 Å². The third-order valence-corrected chi connectivity index (χ3v) is 4.41. The summed E-state index contributed by atoms with van der Waals surface area (Å²) in [6, 6.07) is 14.4. The molecule has 0 saturated heterocycles. The van der Waals surface area contributed by atoms with Crippen molar-refractivity contribution in [2.45, 2.75) is 13.0 Å². The maximum atomic E-state index is 12.6. The first-order chi connectivity index (χ1) is 14.6. The highest BCUT2D eigenvalue weighted by molar-refractivity contribution is 5.93. The Kier molecular flexibility index (Phi) is 7.10. The molecule has 0 aliphatic heterocycles. The van der Waals surface area contributed by atoms with Crippen LogP contribution in [0.3, 0.4) is 0 Å². The topological polar surface area (TPSA) is 78.9 Å². The van der Waals surface area contributed by atoms with Crippen molar-refractivity contribution < 1.29 is 23.7 Å². The van der Waals surface area contributed by atoms with Crippen LogP contribution < -0.4 is 24.3 Å². The lowest BCUT2D eigenvalue weighted by Crippen LogP contribution is -2.15. The van der Waals surface area contributed by atoms with E-state index in [2.05, 4.69) is 10.3 Å². The summed E-state index contributed by atoms with van der Waals surface area (Å²) in [7, 11) is 4.71. The Morgan fingerprint density at radius 1 is 0.933 bits per heavy atom. The Bertz CT molecular complexity index is 992. The largest absolute Gasteiger partial charge is 0.497 e. The maximum Gasteiger partial charge on any atom is 0.228 e. The number of rotatable bonds is 9. The number of methoxy groups -OCH3 is 3. The maximum absolute atomic E-state index is 12.6. The van der Waals surface area contributed by atoms with E-state index in [9.17, 15) is 4.79 Å². The van der Waals surface area contributed by atoms with Crippen LogP contribution in [0.15, 0.2) is 60.9 Å². The van der Waals surface area contributed by atoms with E-state index in [1.165, 1.54) is 0 Å². The SMILES string of the molecule is COc1ccc(CC(=O)Nc2ccc(OC)c(OCc3cccnc3)c2)c(OC)c1. The Hall–Kier alpha value is -3.74. The fraction of sp³-hybridized carbons (Fsp3) is 0.217. The van der Waals surface area contributed by atoms with E-state index in [1.54, 1.807) is 64.1 Å². The highest BCUT2D eigenvalue weighted by Crippen LogP contribution is 2.31. The van der Waals surface area contributed by atoms with Gasteiger partial charge in [-0.1, -0.05) is 12.1 Å². The fourth-order valence-electron chi connectivity index (χ4n) is 2.89. The quantitative estimate of drug-likeness (QED) is 0.579. The molecule has 0 radical (unpaired) electrons. The molecule has 0 unspecified atom stereocenters. The second-order valence-electron chi connectivity index (χ2n) is 6.42. The normalized spacial score (nSPS) is 10.2. The standard InChI is InChI=1S/C23H24N2O5/c1-27-19-8-6-17(21(13-19)29-3)11-23(26)25-18-7-9-20(28-2)22(12-18)30-15-16-5-4-10-24-14-16/h4-10,12-14H,11,15H2,1-3H3,(H,25,26). The predicted octanol–water partition coefficient (Wildman–Crippen LogP) is 3.87. The van der Waals surface area contributed by atoms with Gasteiger partial charge in [-0.3, -0.25) is 9.78 Å². The van der Waals surface area contributed by atoms with Crippen molar-refractivity contribution in [2.24, 2.45) is 0 Å². The number of carbonyl (C=O) groups is 1. The number of hydrogen-bond donors (Lipinski definition) is 1. The minimum Gasteiger partial charge on any atom is -0.497 e. The summed E-state index contributed by atoms with van der Waals surface area (Å²) in [4.78, 5) is 16.6. The molecule has 3 aromatic rings. The molecular weight excluding hydrogens is 384 g/mol. The van der Waals surface area contributed by atoms with Crippen molar-refractivity contribution >= 4 is 11.6 Å². The van der Waals surface area contributed by atoms with Gasteiger partial charge in [0.25, 0.3) is 0 Å². The van der Waals surface area contributed by atoms with Crippen LogP contribution in [0.25, 0.3) is 0 Å². The van der Waals surface area contributed by atoms with Gasteiger partial charge in [-0.05, 0) is 24.3 Å². The second kappa shape index (κ2) is 10.2. The molecule has 1 heterocycles. The molecule has 0 aliphatic rings. The zero-order chi connectivity index (χ0) is 21.3. The molecule has 0 aliphatic carbocycles. The summed E-state index contributed by atoms with van der Waals surface area (Å²) in [5.74, 6) is 2.19. The smallest absolute Gasteiger partial charge is 0.228 e. The van der Waals surface area contributed by atoms with E-state index in [0.717, 1.165) is 11.1 Å². The van der Waals surface area contributed by atoms with E-state index in [0.29, 0.717) is 35.3 Å². The van der Waals surface area contributed by atoms with Crippen molar-refractivity contribution in [1.29, 1.82) is 0 Å². The lowest BCUT2D eigenvalue weighted by Gasteiger charge is -2.14. The number of nitrogens with one attached hydrogen (secondary N) is 1. The van der Waals surface area contributed by atoms with Gasteiger partial charge in [0.05, 0.1) is 27.8 Å². The number of benzene rings is 2. The van der Waals surface area contributed by atoms with E-state index < -0.39 is 0 Å². The first-order valence-corrected chi connectivity index (χ1v) is 9.33. The molecule has 0 bridgehead atoms. The molecule has 7 heteroatoms. The molecule has 0 atom stereocenters. The molecule has 3 rings (SSSR count). The lowest BCUT2D eigenvalue weighted by molar-refractivity contribution is -0.115. The first-order valence-electron chi connectivity index (χ1n) is 9.33. The van der Waals surface area contributed by atoms with Crippen molar-refractivity contribution in [3.63, 3.8) is 0 Å². The highest BCUT2D eigenvalue weighted by atomic mass is 16.5. The highest BCUT2D eigenvalue weighted by Gasteiger charge is 2.12. The average molecular weight is 408 g/mol. The molecule has 1 aromatic heterocycles. The van der Waals surface area contributed by atoms with E-state index in [1.807, 2.05) is 18.2 Å². The number of anilines is 1. The number of hydrogen-bond acceptors (Lipinski definition) is 6. The van der Waals surface area contributed by atoms with Gasteiger partial charge in [0.2, 0.25) is 5.91 Å². The molecular formula is C23H24N2O5. The number of ether oxygens (including phenoxy) is 4. The van der Waals surface area contributed by atoms with Crippen LogP contribution in [0.1, 0.15) is 11.1 Å². The Balaban J connectivity index is 1.69. The summed E-state index contributed by atoms with van der Waals surface area (Å²) in [5, 5.41) is 2.89. The van der Waals surface area contributed by atoms with Gasteiger partial charge in [-0.25, -0.2) is 0 Å². The first kappa shape index (κ1) is 21.0. The van der Waals surface area contributed by atoms with Crippen LogP contribution in [0, 0.1) is 0 Å². The lowest BCUT2D eigenvalue weighted by atomic mass is 10.1. The zero-order valence-corrected chi connectivity index (χ0v) is 17.2. The Morgan fingerprint density at radius 2 is 1.77 bits per heavy atom. The van der Waals surface area contributed by atoms with Crippen molar-refractivity contribution in [1.82, 2.24) is 4.98 Å². The molecule has 7 nitrogen and oxygen atoms in total. The van der Waals surface area contributed by atoms with Gasteiger partial charge in [-0.2, -0.15) is 0 Å². The number of pyridine rings is 1. The van der Waals surface area contributed by atoms with Crippen LogP contribution >= 0.6 is 0 Å². The molecule has 0 saturated carbocycles. The second-order valence-corrected chi connectivity index (χ2v) is 6.42. The third kappa shape index (κ3) is 5.41. The summed E-state index contributed by atoms with van der Waals surface area (Å²) in [6.45, 7) is 0.338. The molecule has 1 amide bonds. The minimum absolute atomic E-state index is 0.158. The van der Waals surface area contributed by atoms with Crippen LogP contribution in [-0.4, -0.2) is 32.2 Å². The van der Waals surface area contributed by atoms with Crippen LogP contribution in [0.2, 0.25) is 0 Å². The van der Waals surface area contributed by atoms with Gasteiger partial charge >= 0.3 is 0 Å². The summed E-state index contributed by atoms with van der Waals surface area (Å²) in [6.07, 6.45) is 3.60. The van der Waals surface area contributed by atoms with Gasteiger partial charge in [0.1, 0.15) is 18.1 Å². The number of nitrogens with zero attached hydrogens (tertiary/aromatic N) is 1. The van der Waals surface area contributed by atoms with Crippen LogP contribution in [-0.2, 0) is 17.8 Å². The van der Waals surface area contributed by atoms with Gasteiger partial charge in [0, 0.05) is 41.3 Å². The average Bonchev–Trinajstić information content (AvgIpc) is 2.78. The molecule has 0 fully saturated rings. The molecule has 2 aromatic carbocycles. The molecule has 1 N–H and O–H groups in total. The number of amides is 1. The van der Waals surface area contributed by atoms with Gasteiger partial charge < -0.3 is 24.3 Å². The zero-order valence-electron chi connectivity index (χ0n) is 17.2. The van der Waals surface area contributed by atoms with Crippen LogP contribution in [0.4, 0.5) is 5.69 Å². The Morgan fingerprint density at radius 3 is 2.47 bits per heavy atom. The van der Waals surface area contributed by atoms with E-state index in [-0.39, 0.29) is 12.3 Å².